The fraction of sp³-hybridized carbons (Fsp3) is 0.529. The van der Waals surface area contributed by atoms with E-state index in [0.717, 1.165) is 44.6 Å². The molecule has 0 fully saturated rings. The summed E-state index contributed by atoms with van der Waals surface area (Å²) in [4.78, 5) is 12.4. The summed E-state index contributed by atoms with van der Waals surface area (Å²) >= 11 is 0. The maximum Gasteiger partial charge on any atom is 0.345 e. The lowest BCUT2D eigenvalue weighted by atomic mass is 9.96. The van der Waals surface area contributed by atoms with Gasteiger partial charge >= 0.3 is 5.69 Å². The van der Waals surface area contributed by atoms with Crippen molar-refractivity contribution in [2.75, 3.05) is 0 Å². The highest BCUT2D eigenvalue weighted by Gasteiger charge is 2.19. The molecule has 4 nitrogen and oxygen atoms in total. The average Bonchev–Trinajstić information content (AvgIpc) is 2.64. The first-order chi connectivity index (χ1) is 10.1. The normalized spacial score (nSPS) is 13.7. The predicted octanol–water partition coefficient (Wildman–Crippen LogP) is 2.61. The van der Waals surface area contributed by atoms with Gasteiger partial charge < -0.3 is 0 Å². The van der Waals surface area contributed by atoms with Crippen molar-refractivity contribution in [1.82, 2.24) is 14.3 Å². The van der Waals surface area contributed by atoms with Gasteiger partial charge in [0.05, 0.1) is 0 Å². The molecule has 1 aliphatic rings. The molecule has 0 bridgehead atoms. The number of unbranched alkanes of at least 4 members (excludes halogenated alkanes) is 1. The largest absolute Gasteiger partial charge is 0.345 e. The van der Waals surface area contributed by atoms with Crippen LogP contribution in [0.2, 0.25) is 0 Å². The molecule has 1 aromatic carbocycles. The van der Waals surface area contributed by atoms with Gasteiger partial charge in [0.2, 0.25) is 0 Å². The zero-order valence-electron chi connectivity index (χ0n) is 13.1. The van der Waals surface area contributed by atoms with E-state index in [2.05, 4.69) is 38.0 Å². The van der Waals surface area contributed by atoms with Crippen LogP contribution in [-0.4, -0.2) is 14.3 Å². The van der Waals surface area contributed by atoms with Crippen molar-refractivity contribution >= 4 is 0 Å². The molecule has 0 atom stereocenters. The van der Waals surface area contributed by atoms with Crippen molar-refractivity contribution in [3.05, 3.63) is 50.7 Å². The number of hydrogen-bond donors (Lipinski definition) is 0. The minimum Gasteiger partial charge on any atom is -0.278 e. The predicted molar refractivity (Wildman–Crippen MR) is 83.8 cm³/mol. The summed E-state index contributed by atoms with van der Waals surface area (Å²) in [5.74, 6) is 0.915. The highest BCUT2D eigenvalue weighted by atomic mass is 16.2. The van der Waals surface area contributed by atoms with Crippen molar-refractivity contribution in [2.45, 2.75) is 59.5 Å². The third-order valence-corrected chi connectivity index (χ3v) is 4.49. The number of nitrogens with zero attached hydrogens (tertiary/aromatic N) is 3. The Kier molecular flexibility index (Phi) is 3.70. The highest BCUT2D eigenvalue weighted by Crippen LogP contribution is 2.22. The van der Waals surface area contributed by atoms with E-state index in [1.807, 2.05) is 4.57 Å². The van der Waals surface area contributed by atoms with Gasteiger partial charge in [-0.05, 0) is 48.9 Å². The molecule has 0 saturated heterocycles. The lowest BCUT2D eigenvalue weighted by molar-refractivity contribution is 0.540. The minimum atomic E-state index is 0.0553. The molecule has 0 aliphatic carbocycles. The molecule has 1 aliphatic heterocycles. The molecule has 3 rings (SSSR count). The first-order valence-corrected chi connectivity index (χ1v) is 7.85. The number of rotatable bonds is 3. The van der Waals surface area contributed by atoms with Gasteiger partial charge in [0.15, 0.2) is 0 Å². The van der Waals surface area contributed by atoms with E-state index in [1.54, 1.807) is 4.68 Å². The molecule has 2 heterocycles. The third kappa shape index (κ3) is 2.55. The minimum absolute atomic E-state index is 0.0553. The van der Waals surface area contributed by atoms with Gasteiger partial charge in [-0.2, -0.15) is 5.10 Å². The maximum absolute atomic E-state index is 12.4. The Morgan fingerprint density at radius 1 is 1.19 bits per heavy atom. The zero-order chi connectivity index (χ0) is 15.0. The Hall–Kier alpha value is -1.84. The Morgan fingerprint density at radius 3 is 2.62 bits per heavy atom. The molecule has 112 valence electrons. The number of aromatic nitrogens is 3. The van der Waals surface area contributed by atoms with Crippen LogP contribution in [0.15, 0.2) is 16.9 Å². The van der Waals surface area contributed by atoms with E-state index >= 15 is 0 Å². The van der Waals surface area contributed by atoms with Gasteiger partial charge in [0.1, 0.15) is 5.82 Å². The van der Waals surface area contributed by atoms with E-state index < -0.39 is 0 Å². The summed E-state index contributed by atoms with van der Waals surface area (Å²) in [5.41, 5.74) is 5.39. The van der Waals surface area contributed by atoms with Gasteiger partial charge in [0, 0.05) is 19.5 Å². The molecule has 0 amide bonds. The molecule has 4 heteroatoms. The molecule has 0 spiro atoms. The molecule has 0 N–H and O–H groups in total. The number of benzene rings is 1. The average molecular weight is 285 g/mol. The second kappa shape index (κ2) is 5.51. The summed E-state index contributed by atoms with van der Waals surface area (Å²) in [6.07, 6.45) is 3.77. The van der Waals surface area contributed by atoms with Crippen LogP contribution in [0.25, 0.3) is 0 Å². The van der Waals surface area contributed by atoms with Crippen LogP contribution in [0.4, 0.5) is 0 Å². The quantitative estimate of drug-likeness (QED) is 0.869. The van der Waals surface area contributed by atoms with Crippen molar-refractivity contribution < 1.29 is 0 Å². The highest BCUT2D eigenvalue weighted by molar-refractivity contribution is 5.39. The summed E-state index contributed by atoms with van der Waals surface area (Å²) in [6, 6.07) is 4.53. The molecular formula is C17H23N3O. The zero-order valence-corrected chi connectivity index (χ0v) is 13.1. The molecule has 1 aromatic heterocycles. The van der Waals surface area contributed by atoms with Gasteiger partial charge in [-0.15, -0.1) is 0 Å². The number of fused-ring (bicyclic) bond motifs is 2. The Morgan fingerprint density at radius 2 is 1.90 bits per heavy atom. The number of hydrogen-bond acceptors (Lipinski definition) is 2. The van der Waals surface area contributed by atoms with Crippen LogP contribution in [0.3, 0.4) is 0 Å². The fourth-order valence-electron chi connectivity index (χ4n) is 3.03. The standard InChI is InChI=1S/C17H23N3O/c1-4-5-7-20-17(21)19-8-6-14-9-12(2)13(3)10-15(14)11-16(19)18-20/h9-10H,4-8,11H2,1-3H3. The van der Waals surface area contributed by atoms with Gasteiger partial charge in [-0.1, -0.05) is 25.5 Å². The third-order valence-electron chi connectivity index (χ3n) is 4.49. The van der Waals surface area contributed by atoms with Crippen LogP contribution in [0, 0.1) is 13.8 Å². The van der Waals surface area contributed by atoms with Crippen molar-refractivity contribution in [1.29, 1.82) is 0 Å². The van der Waals surface area contributed by atoms with Crippen molar-refractivity contribution in [3.8, 4) is 0 Å². The molecule has 21 heavy (non-hydrogen) atoms. The van der Waals surface area contributed by atoms with Crippen molar-refractivity contribution in [2.24, 2.45) is 0 Å². The number of aryl methyl sites for hydroxylation is 4. The van der Waals surface area contributed by atoms with Crippen LogP contribution < -0.4 is 5.69 Å². The summed E-state index contributed by atoms with van der Waals surface area (Å²) < 4.78 is 3.51. The lowest BCUT2D eigenvalue weighted by Gasteiger charge is -2.09. The first-order valence-electron chi connectivity index (χ1n) is 7.85. The maximum atomic E-state index is 12.4. The summed E-state index contributed by atoms with van der Waals surface area (Å²) in [7, 11) is 0. The van der Waals surface area contributed by atoms with E-state index in [4.69, 9.17) is 0 Å². The summed E-state index contributed by atoms with van der Waals surface area (Å²) in [6.45, 7) is 7.91. The Labute approximate surface area is 125 Å². The van der Waals surface area contributed by atoms with Crippen LogP contribution in [0.5, 0.6) is 0 Å². The second-order valence-electron chi connectivity index (χ2n) is 6.06. The second-order valence-corrected chi connectivity index (χ2v) is 6.06. The first kappa shape index (κ1) is 14.1. The van der Waals surface area contributed by atoms with Crippen LogP contribution >= 0.6 is 0 Å². The summed E-state index contributed by atoms with van der Waals surface area (Å²) in [5, 5.41) is 4.57. The monoisotopic (exact) mass is 285 g/mol. The molecule has 0 radical (unpaired) electrons. The van der Waals surface area contributed by atoms with Crippen LogP contribution in [-0.2, 0) is 25.9 Å². The van der Waals surface area contributed by atoms with Gasteiger partial charge in [0.25, 0.3) is 0 Å². The fourth-order valence-corrected chi connectivity index (χ4v) is 3.03. The molecule has 0 unspecified atom stereocenters. The van der Waals surface area contributed by atoms with E-state index in [9.17, 15) is 4.79 Å². The van der Waals surface area contributed by atoms with E-state index in [0.29, 0.717) is 0 Å². The molecule has 0 saturated carbocycles. The van der Waals surface area contributed by atoms with Gasteiger partial charge in [-0.3, -0.25) is 4.57 Å². The molecular weight excluding hydrogens is 262 g/mol. The topological polar surface area (TPSA) is 39.8 Å². The van der Waals surface area contributed by atoms with Crippen molar-refractivity contribution in [3.63, 3.8) is 0 Å². The van der Waals surface area contributed by atoms with E-state index in [1.165, 1.54) is 22.3 Å². The Bertz CT molecular complexity index is 724. The molecule has 2 aromatic rings. The Balaban J connectivity index is 1.99. The smallest absolute Gasteiger partial charge is 0.278 e. The SMILES string of the molecule is CCCCn1nc2n(c1=O)CCc1cc(C)c(C)cc1C2. The van der Waals surface area contributed by atoms with E-state index in [-0.39, 0.29) is 5.69 Å². The lowest BCUT2D eigenvalue weighted by Crippen LogP contribution is -2.25. The van der Waals surface area contributed by atoms with Gasteiger partial charge in [-0.25, -0.2) is 9.48 Å². The van der Waals surface area contributed by atoms with Crippen LogP contribution in [0.1, 0.15) is 47.8 Å².